The number of aliphatic carboxylic acids is 1. The largest absolute Gasteiger partial charge is 0.490 e. The average Bonchev–Trinajstić information content (AvgIpc) is 2.86. The summed E-state index contributed by atoms with van der Waals surface area (Å²) in [6.45, 7) is 1.08. The number of ether oxygens (including phenoxy) is 2. The Labute approximate surface area is 145 Å². The average molecular weight is 341 g/mol. The summed E-state index contributed by atoms with van der Waals surface area (Å²) in [6, 6.07) is 13.0. The van der Waals surface area contributed by atoms with Gasteiger partial charge in [0.25, 0.3) is 5.91 Å². The first-order valence-electron chi connectivity index (χ1n) is 8.11. The number of nitrogens with one attached hydrogen (secondary N) is 1. The standard InChI is InChI=1S/C19H19NO5/c21-18(14-7-8-16-17(12-14)25-10-4-9-24-16)20-15(19(22)23)11-13-5-2-1-3-6-13/h1-3,5-8,12,15H,4,9-11H2,(H,20,21)(H,22,23)/t15-/m0/s1. The molecule has 25 heavy (non-hydrogen) atoms. The highest BCUT2D eigenvalue weighted by Gasteiger charge is 2.22. The number of rotatable bonds is 5. The number of benzene rings is 2. The highest BCUT2D eigenvalue weighted by atomic mass is 16.5. The maximum atomic E-state index is 12.5. The van der Waals surface area contributed by atoms with Crippen LogP contribution in [0.25, 0.3) is 0 Å². The van der Waals surface area contributed by atoms with Crippen LogP contribution in [0.5, 0.6) is 11.5 Å². The summed E-state index contributed by atoms with van der Waals surface area (Å²) in [5.74, 6) is -0.446. The lowest BCUT2D eigenvalue weighted by atomic mass is 10.1. The van der Waals surface area contributed by atoms with E-state index in [9.17, 15) is 14.7 Å². The van der Waals surface area contributed by atoms with Gasteiger partial charge in [0.05, 0.1) is 13.2 Å². The van der Waals surface area contributed by atoms with E-state index in [1.54, 1.807) is 18.2 Å². The molecule has 2 aromatic rings. The van der Waals surface area contributed by atoms with Crippen molar-refractivity contribution in [3.8, 4) is 11.5 Å². The Bertz CT molecular complexity index is 760. The highest BCUT2D eigenvalue weighted by molar-refractivity contribution is 5.97. The van der Waals surface area contributed by atoms with E-state index in [4.69, 9.17) is 9.47 Å². The van der Waals surface area contributed by atoms with Crippen LogP contribution >= 0.6 is 0 Å². The Hall–Kier alpha value is -3.02. The van der Waals surface area contributed by atoms with E-state index >= 15 is 0 Å². The lowest BCUT2D eigenvalue weighted by molar-refractivity contribution is -0.139. The van der Waals surface area contributed by atoms with Crippen molar-refractivity contribution in [3.63, 3.8) is 0 Å². The van der Waals surface area contributed by atoms with E-state index < -0.39 is 17.9 Å². The van der Waals surface area contributed by atoms with Gasteiger partial charge in [-0.1, -0.05) is 30.3 Å². The monoisotopic (exact) mass is 341 g/mol. The quantitative estimate of drug-likeness (QED) is 0.871. The van der Waals surface area contributed by atoms with Gasteiger partial charge in [-0.05, 0) is 23.8 Å². The van der Waals surface area contributed by atoms with E-state index in [1.807, 2.05) is 30.3 Å². The van der Waals surface area contributed by atoms with Crippen molar-refractivity contribution in [1.82, 2.24) is 5.32 Å². The third-order valence-electron chi connectivity index (χ3n) is 3.90. The molecule has 1 atom stereocenters. The summed E-state index contributed by atoms with van der Waals surface area (Å²) in [5, 5.41) is 12.0. The van der Waals surface area contributed by atoms with Crippen LogP contribution in [0.3, 0.4) is 0 Å². The SMILES string of the molecule is O=C(N[C@@H](Cc1ccccc1)C(=O)O)c1ccc2c(c1)OCCCO2. The number of carbonyl (C=O) groups is 2. The smallest absolute Gasteiger partial charge is 0.326 e. The second-order valence-corrected chi connectivity index (χ2v) is 5.77. The van der Waals surface area contributed by atoms with Crippen molar-refractivity contribution in [2.24, 2.45) is 0 Å². The zero-order valence-corrected chi connectivity index (χ0v) is 13.6. The van der Waals surface area contributed by atoms with Crippen LogP contribution in [-0.2, 0) is 11.2 Å². The number of carbonyl (C=O) groups excluding carboxylic acids is 1. The van der Waals surface area contributed by atoms with E-state index in [0.29, 0.717) is 30.3 Å². The van der Waals surface area contributed by atoms with Gasteiger partial charge in [-0.25, -0.2) is 4.79 Å². The first kappa shape index (κ1) is 16.8. The molecule has 0 spiro atoms. The lowest BCUT2D eigenvalue weighted by Gasteiger charge is -2.15. The van der Waals surface area contributed by atoms with Crippen LogP contribution in [0.1, 0.15) is 22.3 Å². The van der Waals surface area contributed by atoms with Gasteiger partial charge < -0.3 is 19.9 Å². The van der Waals surface area contributed by atoms with Crippen LogP contribution < -0.4 is 14.8 Å². The molecule has 1 aliphatic rings. The highest BCUT2D eigenvalue weighted by Crippen LogP contribution is 2.30. The second kappa shape index (κ2) is 7.70. The van der Waals surface area contributed by atoms with Crippen molar-refractivity contribution in [2.45, 2.75) is 18.9 Å². The van der Waals surface area contributed by atoms with Gasteiger partial charge >= 0.3 is 5.97 Å². The first-order chi connectivity index (χ1) is 12.1. The number of hydrogen-bond donors (Lipinski definition) is 2. The minimum atomic E-state index is -1.08. The molecule has 1 heterocycles. The van der Waals surface area contributed by atoms with Crippen molar-refractivity contribution >= 4 is 11.9 Å². The topological polar surface area (TPSA) is 84.9 Å². The summed E-state index contributed by atoms with van der Waals surface area (Å²) in [7, 11) is 0. The Morgan fingerprint density at radius 3 is 2.48 bits per heavy atom. The Balaban J connectivity index is 1.73. The summed E-state index contributed by atoms with van der Waals surface area (Å²) in [6.07, 6.45) is 0.987. The molecule has 0 aromatic heterocycles. The van der Waals surface area contributed by atoms with E-state index in [0.717, 1.165) is 12.0 Å². The molecule has 1 aliphatic heterocycles. The Morgan fingerprint density at radius 1 is 1.04 bits per heavy atom. The number of carboxylic acids is 1. The van der Waals surface area contributed by atoms with Crippen LogP contribution in [-0.4, -0.2) is 36.2 Å². The van der Waals surface area contributed by atoms with Gasteiger partial charge in [0, 0.05) is 18.4 Å². The maximum absolute atomic E-state index is 12.5. The molecular formula is C19H19NO5. The van der Waals surface area contributed by atoms with Gasteiger partial charge in [-0.2, -0.15) is 0 Å². The normalized spacial score (nSPS) is 14.2. The molecule has 6 nitrogen and oxygen atoms in total. The van der Waals surface area contributed by atoms with Crippen LogP contribution in [0.4, 0.5) is 0 Å². The molecule has 130 valence electrons. The Kier molecular flexibility index (Phi) is 5.18. The van der Waals surface area contributed by atoms with Gasteiger partial charge in [-0.3, -0.25) is 4.79 Å². The minimum absolute atomic E-state index is 0.215. The lowest BCUT2D eigenvalue weighted by Crippen LogP contribution is -2.42. The molecule has 6 heteroatoms. The van der Waals surface area contributed by atoms with Crippen molar-refractivity contribution in [2.75, 3.05) is 13.2 Å². The number of hydrogen-bond acceptors (Lipinski definition) is 4. The molecule has 1 amide bonds. The maximum Gasteiger partial charge on any atom is 0.326 e. The van der Waals surface area contributed by atoms with Crippen molar-refractivity contribution < 1.29 is 24.2 Å². The number of fused-ring (bicyclic) bond motifs is 1. The third-order valence-corrected chi connectivity index (χ3v) is 3.90. The zero-order valence-electron chi connectivity index (χ0n) is 13.6. The van der Waals surface area contributed by atoms with Crippen LogP contribution in [0.2, 0.25) is 0 Å². The Morgan fingerprint density at radius 2 is 1.76 bits per heavy atom. The van der Waals surface area contributed by atoms with E-state index in [1.165, 1.54) is 0 Å². The number of carboxylic acid groups (broad SMARTS) is 1. The third kappa shape index (κ3) is 4.29. The molecule has 0 aliphatic carbocycles. The molecule has 0 saturated carbocycles. The fourth-order valence-corrected chi connectivity index (χ4v) is 2.60. The molecule has 0 radical (unpaired) electrons. The molecule has 2 aromatic carbocycles. The molecular weight excluding hydrogens is 322 g/mol. The summed E-state index contributed by atoms with van der Waals surface area (Å²) in [4.78, 5) is 23.9. The fourth-order valence-electron chi connectivity index (χ4n) is 2.60. The number of amides is 1. The summed E-state index contributed by atoms with van der Waals surface area (Å²) < 4.78 is 11.1. The van der Waals surface area contributed by atoms with E-state index in [-0.39, 0.29) is 6.42 Å². The zero-order chi connectivity index (χ0) is 17.6. The van der Waals surface area contributed by atoms with Crippen LogP contribution in [0, 0.1) is 0 Å². The molecule has 0 fully saturated rings. The molecule has 0 saturated heterocycles. The van der Waals surface area contributed by atoms with E-state index in [2.05, 4.69) is 5.32 Å². The summed E-state index contributed by atoms with van der Waals surface area (Å²) in [5.41, 5.74) is 1.18. The van der Waals surface area contributed by atoms with Crippen molar-refractivity contribution in [3.05, 3.63) is 59.7 Å². The van der Waals surface area contributed by atoms with Crippen LogP contribution in [0.15, 0.2) is 48.5 Å². The fraction of sp³-hybridized carbons (Fsp3) is 0.263. The minimum Gasteiger partial charge on any atom is -0.490 e. The molecule has 2 N–H and O–H groups in total. The van der Waals surface area contributed by atoms with Gasteiger partial charge in [-0.15, -0.1) is 0 Å². The molecule has 0 bridgehead atoms. The summed E-state index contributed by atoms with van der Waals surface area (Å²) >= 11 is 0. The molecule has 3 rings (SSSR count). The molecule has 0 unspecified atom stereocenters. The van der Waals surface area contributed by atoms with Gasteiger partial charge in [0.2, 0.25) is 0 Å². The second-order valence-electron chi connectivity index (χ2n) is 5.77. The van der Waals surface area contributed by atoms with Crippen molar-refractivity contribution in [1.29, 1.82) is 0 Å². The predicted octanol–water partition coefficient (Wildman–Crippen LogP) is 2.27. The van der Waals surface area contributed by atoms with Gasteiger partial charge in [0.1, 0.15) is 6.04 Å². The predicted molar refractivity (Wildman–Crippen MR) is 91.1 cm³/mol. The van der Waals surface area contributed by atoms with Gasteiger partial charge in [0.15, 0.2) is 11.5 Å². The first-order valence-corrected chi connectivity index (χ1v) is 8.11.